The van der Waals surface area contributed by atoms with Crippen molar-refractivity contribution in [3.05, 3.63) is 12.2 Å². The first-order chi connectivity index (χ1) is 5.68. The Morgan fingerprint density at radius 1 is 1.75 bits per heavy atom. The molecule has 1 saturated carbocycles. The molecular formula is C11H14O. The zero-order valence-electron chi connectivity index (χ0n) is 7.47. The Labute approximate surface area is 73.8 Å². The fourth-order valence-electron chi connectivity index (χ4n) is 2.09. The summed E-state index contributed by atoms with van der Waals surface area (Å²) in [6.07, 6.45) is 8.99. The zero-order valence-corrected chi connectivity index (χ0v) is 7.47. The van der Waals surface area contributed by atoms with Crippen LogP contribution in [0.3, 0.4) is 0 Å². The molecule has 0 radical (unpaired) electrons. The summed E-state index contributed by atoms with van der Waals surface area (Å²) in [7, 11) is 0. The SMILES string of the molecule is C#C[C@@]12CC[C@@H](C(=C)C)C[C@@H]1O2. The second kappa shape index (κ2) is 2.37. The van der Waals surface area contributed by atoms with E-state index in [4.69, 9.17) is 11.2 Å². The summed E-state index contributed by atoms with van der Waals surface area (Å²) in [6.45, 7) is 6.07. The third kappa shape index (κ3) is 0.990. The maximum Gasteiger partial charge on any atom is 0.154 e. The quantitative estimate of drug-likeness (QED) is 0.327. The Kier molecular flexibility index (Phi) is 1.56. The van der Waals surface area contributed by atoms with Gasteiger partial charge in [0, 0.05) is 0 Å². The number of hydrogen-bond acceptors (Lipinski definition) is 1. The van der Waals surface area contributed by atoms with Crippen LogP contribution in [-0.2, 0) is 4.74 Å². The molecule has 2 fully saturated rings. The van der Waals surface area contributed by atoms with E-state index in [2.05, 4.69) is 19.4 Å². The van der Waals surface area contributed by atoms with Crippen LogP contribution in [0.25, 0.3) is 0 Å². The molecule has 0 N–H and O–H groups in total. The standard InChI is InChI=1S/C11H14O/c1-4-11-6-5-9(8(2)3)7-10(11)12-11/h1,9-10H,2,5-7H2,3H3/t9-,10+,11-/m1/s1. The van der Waals surface area contributed by atoms with E-state index in [0.717, 1.165) is 19.3 Å². The summed E-state index contributed by atoms with van der Waals surface area (Å²) in [5.74, 6) is 3.40. The van der Waals surface area contributed by atoms with Gasteiger partial charge in [0.25, 0.3) is 0 Å². The highest BCUT2D eigenvalue weighted by atomic mass is 16.6. The van der Waals surface area contributed by atoms with Crippen molar-refractivity contribution in [2.45, 2.75) is 37.9 Å². The third-order valence-corrected chi connectivity index (χ3v) is 3.12. The van der Waals surface area contributed by atoms with E-state index in [1.807, 2.05) is 0 Å². The topological polar surface area (TPSA) is 12.5 Å². The highest BCUT2D eigenvalue weighted by Crippen LogP contribution is 2.50. The van der Waals surface area contributed by atoms with Gasteiger partial charge in [0.1, 0.15) is 6.10 Å². The summed E-state index contributed by atoms with van der Waals surface area (Å²) < 4.78 is 5.52. The van der Waals surface area contributed by atoms with E-state index < -0.39 is 0 Å². The average Bonchev–Trinajstić information content (AvgIpc) is 2.77. The van der Waals surface area contributed by atoms with Gasteiger partial charge in [-0.3, -0.25) is 0 Å². The molecule has 0 bridgehead atoms. The molecule has 0 unspecified atom stereocenters. The molecule has 1 heterocycles. The monoisotopic (exact) mass is 162 g/mol. The van der Waals surface area contributed by atoms with Crippen molar-refractivity contribution in [1.29, 1.82) is 0 Å². The van der Waals surface area contributed by atoms with Gasteiger partial charge >= 0.3 is 0 Å². The summed E-state index contributed by atoms with van der Waals surface area (Å²) in [6, 6.07) is 0. The molecule has 2 rings (SSSR count). The van der Waals surface area contributed by atoms with Gasteiger partial charge in [0.05, 0.1) is 0 Å². The minimum atomic E-state index is -0.161. The molecule has 64 valence electrons. The van der Waals surface area contributed by atoms with Crippen LogP contribution in [0.5, 0.6) is 0 Å². The number of rotatable bonds is 1. The minimum Gasteiger partial charge on any atom is -0.352 e. The van der Waals surface area contributed by atoms with Gasteiger partial charge in [0.2, 0.25) is 0 Å². The van der Waals surface area contributed by atoms with Crippen LogP contribution in [0, 0.1) is 18.3 Å². The lowest BCUT2D eigenvalue weighted by Gasteiger charge is -2.21. The first-order valence-corrected chi connectivity index (χ1v) is 4.49. The van der Waals surface area contributed by atoms with Crippen molar-refractivity contribution >= 4 is 0 Å². The molecule has 1 saturated heterocycles. The van der Waals surface area contributed by atoms with E-state index in [1.165, 1.54) is 5.57 Å². The molecule has 0 spiro atoms. The zero-order chi connectivity index (χ0) is 8.77. The van der Waals surface area contributed by atoms with Crippen molar-refractivity contribution in [3.8, 4) is 12.3 Å². The van der Waals surface area contributed by atoms with Gasteiger partial charge in [-0.05, 0) is 32.1 Å². The van der Waals surface area contributed by atoms with Crippen LogP contribution < -0.4 is 0 Å². The van der Waals surface area contributed by atoms with Crippen LogP contribution in [0.1, 0.15) is 26.2 Å². The summed E-state index contributed by atoms with van der Waals surface area (Å²) in [4.78, 5) is 0. The molecule has 1 nitrogen and oxygen atoms in total. The minimum absolute atomic E-state index is 0.161. The van der Waals surface area contributed by atoms with E-state index >= 15 is 0 Å². The number of hydrogen-bond donors (Lipinski definition) is 0. The van der Waals surface area contributed by atoms with Crippen molar-refractivity contribution in [3.63, 3.8) is 0 Å². The Morgan fingerprint density at radius 3 is 3.00 bits per heavy atom. The van der Waals surface area contributed by atoms with Crippen LogP contribution in [0.2, 0.25) is 0 Å². The van der Waals surface area contributed by atoms with Crippen LogP contribution in [-0.4, -0.2) is 11.7 Å². The molecule has 12 heavy (non-hydrogen) atoms. The van der Waals surface area contributed by atoms with Gasteiger partial charge in [-0.25, -0.2) is 0 Å². The van der Waals surface area contributed by atoms with Crippen LogP contribution >= 0.6 is 0 Å². The molecule has 1 heteroatoms. The smallest absolute Gasteiger partial charge is 0.154 e. The molecule has 0 aromatic carbocycles. The molecular weight excluding hydrogens is 148 g/mol. The average molecular weight is 162 g/mol. The largest absolute Gasteiger partial charge is 0.352 e. The Bertz CT molecular complexity index is 261. The van der Waals surface area contributed by atoms with Gasteiger partial charge < -0.3 is 4.74 Å². The van der Waals surface area contributed by atoms with Crippen LogP contribution in [0.4, 0.5) is 0 Å². The van der Waals surface area contributed by atoms with Gasteiger partial charge in [0.15, 0.2) is 5.60 Å². The maximum atomic E-state index is 5.52. The molecule has 2 aliphatic rings. The van der Waals surface area contributed by atoms with Gasteiger partial charge in [-0.2, -0.15) is 0 Å². The number of epoxide rings is 1. The summed E-state index contributed by atoms with van der Waals surface area (Å²) in [5, 5.41) is 0. The normalized spacial score (nSPS) is 44.3. The predicted octanol–water partition coefficient (Wildman–Crippen LogP) is 2.13. The van der Waals surface area contributed by atoms with E-state index in [1.54, 1.807) is 0 Å². The van der Waals surface area contributed by atoms with Crippen molar-refractivity contribution in [2.24, 2.45) is 5.92 Å². The number of allylic oxidation sites excluding steroid dienone is 1. The second-order valence-electron chi connectivity index (χ2n) is 3.96. The molecule has 0 aromatic rings. The predicted molar refractivity (Wildman–Crippen MR) is 48.6 cm³/mol. The molecule has 0 amide bonds. The lowest BCUT2D eigenvalue weighted by atomic mass is 9.79. The Morgan fingerprint density at radius 2 is 2.50 bits per heavy atom. The van der Waals surface area contributed by atoms with Crippen molar-refractivity contribution in [2.75, 3.05) is 0 Å². The molecule has 0 aromatic heterocycles. The second-order valence-corrected chi connectivity index (χ2v) is 3.96. The first-order valence-electron chi connectivity index (χ1n) is 4.49. The summed E-state index contributed by atoms with van der Waals surface area (Å²) in [5.41, 5.74) is 1.11. The maximum absolute atomic E-state index is 5.52. The van der Waals surface area contributed by atoms with Crippen molar-refractivity contribution < 1.29 is 4.74 Å². The van der Waals surface area contributed by atoms with Crippen molar-refractivity contribution in [1.82, 2.24) is 0 Å². The Balaban J connectivity index is 2.02. The van der Waals surface area contributed by atoms with E-state index in [0.29, 0.717) is 12.0 Å². The number of fused-ring (bicyclic) bond motifs is 1. The molecule has 1 aliphatic heterocycles. The fraction of sp³-hybridized carbons (Fsp3) is 0.636. The van der Waals surface area contributed by atoms with Gasteiger partial charge in [-0.15, -0.1) is 6.42 Å². The molecule has 1 aliphatic carbocycles. The number of terminal acetylenes is 1. The third-order valence-electron chi connectivity index (χ3n) is 3.12. The fourth-order valence-corrected chi connectivity index (χ4v) is 2.09. The highest BCUT2D eigenvalue weighted by Gasteiger charge is 2.58. The Hall–Kier alpha value is -0.740. The van der Waals surface area contributed by atoms with E-state index in [-0.39, 0.29) is 5.60 Å². The lowest BCUT2D eigenvalue weighted by Crippen LogP contribution is -2.22. The number of ether oxygens (including phenoxy) is 1. The first kappa shape index (κ1) is 7.89. The highest BCUT2D eigenvalue weighted by molar-refractivity contribution is 5.25. The summed E-state index contributed by atoms with van der Waals surface area (Å²) >= 11 is 0. The lowest BCUT2D eigenvalue weighted by molar-refractivity contribution is 0.336. The van der Waals surface area contributed by atoms with Crippen LogP contribution in [0.15, 0.2) is 12.2 Å². The molecule has 3 atom stereocenters. The van der Waals surface area contributed by atoms with E-state index in [9.17, 15) is 0 Å². The van der Waals surface area contributed by atoms with Gasteiger partial charge in [-0.1, -0.05) is 18.1 Å².